The molecule has 3 heterocycles. The summed E-state index contributed by atoms with van der Waals surface area (Å²) in [6.07, 6.45) is 3.28. The van der Waals surface area contributed by atoms with Crippen LogP contribution in [0, 0.1) is 12.7 Å². The number of benzene rings is 2. The lowest BCUT2D eigenvalue weighted by atomic mass is 10.2. The molecule has 0 bridgehead atoms. The van der Waals surface area contributed by atoms with Crippen LogP contribution in [0.25, 0.3) is 16.7 Å². The standard InChI is InChI=1S/C25H17BrFN5O3/c1-14-11-22(33)32(17-4-2-3-15(26)12-17)31-23(14)25(34)30-16-5-6-21(19(27)13-16)35-20-8-10-29-24-18(20)7-9-28-24/h2-13H,1H3,(H,28,29)(H,30,34). The summed E-state index contributed by atoms with van der Waals surface area (Å²) in [5.41, 5.74) is 1.39. The monoisotopic (exact) mass is 533 g/mol. The molecule has 0 aliphatic heterocycles. The van der Waals surface area contributed by atoms with Gasteiger partial charge in [-0.05, 0) is 55.0 Å². The van der Waals surface area contributed by atoms with E-state index < -0.39 is 11.7 Å². The molecule has 0 aliphatic rings. The number of nitrogens with zero attached hydrogens (tertiary/aromatic N) is 3. The summed E-state index contributed by atoms with van der Waals surface area (Å²) in [4.78, 5) is 32.6. The van der Waals surface area contributed by atoms with E-state index in [0.717, 1.165) is 15.2 Å². The Hall–Kier alpha value is -4.31. The largest absolute Gasteiger partial charge is 0.453 e. The van der Waals surface area contributed by atoms with Crippen molar-refractivity contribution in [2.75, 3.05) is 5.32 Å². The zero-order chi connectivity index (χ0) is 24.5. The van der Waals surface area contributed by atoms with Gasteiger partial charge in [-0.2, -0.15) is 9.78 Å². The highest BCUT2D eigenvalue weighted by atomic mass is 79.9. The lowest BCUT2D eigenvalue weighted by molar-refractivity contribution is 0.102. The van der Waals surface area contributed by atoms with E-state index in [4.69, 9.17) is 4.74 Å². The molecule has 1 amide bonds. The average Bonchev–Trinajstić information content (AvgIpc) is 3.31. The fraction of sp³-hybridized carbons (Fsp3) is 0.0400. The van der Waals surface area contributed by atoms with E-state index in [-0.39, 0.29) is 22.7 Å². The second-order valence-electron chi connectivity index (χ2n) is 7.66. The SMILES string of the molecule is Cc1cc(=O)n(-c2cccc(Br)c2)nc1C(=O)Nc1ccc(Oc2ccnc3[nH]ccc23)c(F)c1. The summed E-state index contributed by atoms with van der Waals surface area (Å²) in [6, 6.07) is 15.8. The average molecular weight is 534 g/mol. The van der Waals surface area contributed by atoms with Crippen molar-refractivity contribution < 1.29 is 13.9 Å². The number of anilines is 1. The third-order valence-electron chi connectivity index (χ3n) is 5.22. The van der Waals surface area contributed by atoms with Gasteiger partial charge in [0, 0.05) is 34.7 Å². The molecule has 35 heavy (non-hydrogen) atoms. The topological polar surface area (TPSA) is 102 Å². The second kappa shape index (κ2) is 9.15. The number of pyridine rings is 1. The van der Waals surface area contributed by atoms with Gasteiger partial charge in [-0.15, -0.1) is 0 Å². The molecule has 0 atom stereocenters. The van der Waals surface area contributed by atoms with E-state index in [1.807, 2.05) is 6.07 Å². The second-order valence-corrected chi connectivity index (χ2v) is 8.57. The summed E-state index contributed by atoms with van der Waals surface area (Å²) in [5, 5.41) is 7.59. The number of fused-ring (bicyclic) bond motifs is 1. The Kier molecular flexibility index (Phi) is 5.87. The van der Waals surface area contributed by atoms with Crippen molar-refractivity contribution in [3.8, 4) is 17.2 Å². The van der Waals surface area contributed by atoms with E-state index in [1.54, 1.807) is 49.6 Å². The number of carbonyl (C=O) groups is 1. The summed E-state index contributed by atoms with van der Waals surface area (Å²) in [6.45, 7) is 1.61. The number of ether oxygens (including phenoxy) is 1. The van der Waals surface area contributed by atoms with Gasteiger partial charge in [-0.25, -0.2) is 9.37 Å². The predicted octanol–water partition coefficient (Wildman–Crippen LogP) is 5.36. The Balaban J connectivity index is 1.39. The smallest absolute Gasteiger partial charge is 0.276 e. The van der Waals surface area contributed by atoms with Crippen LogP contribution in [0.2, 0.25) is 0 Å². The van der Waals surface area contributed by atoms with Gasteiger partial charge in [0.25, 0.3) is 11.5 Å². The first kappa shape index (κ1) is 22.5. The van der Waals surface area contributed by atoms with Crippen LogP contribution in [0.3, 0.4) is 0 Å². The Bertz CT molecular complexity index is 1650. The number of aromatic amines is 1. The molecule has 3 aromatic heterocycles. The summed E-state index contributed by atoms with van der Waals surface area (Å²) >= 11 is 3.36. The van der Waals surface area contributed by atoms with Gasteiger partial charge in [0.2, 0.25) is 0 Å². The number of hydrogen-bond donors (Lipinski definition) is 2. The minimum Gasteiger partial charge on any atom is -0.453 e. The van der Waals surface area contributed by atoms with Gasteiger partial charge in [0.05, 0.1) is 11.1 Å². The molecule has 8 nitrogen and oxygen atoms in total. The molecule has 0 unspecified atom stereocenters. The minimum atomic E-state index is -0.660. The number of H-pyrrole nitrogens is 1. The molecular formula is C25H17BrFN5O3. The van der Waals surface area contributed by atoms with Crippen molar-refractivity contribution in [3.05, 3.63) is 105 Å². The quantitative estimate of drug-likeness (QED) is 0.316. The maximum atomic E-state index is 14.8. The summed E-state index contributed by atoms with van der Waals surface area (Å²) < 4.78 is 22.4. The molecule has 2 N–H and O–H groups in total. The maximum absolute atomic E-state index is 14.8. The first-order chi connectivity index (χ1) is 16.9. The van der Waals surface area contributed by atoms with Crippen LogP contribution in [0.5, 0.6) is 11.5 Å². The van der Waals surface area contributed by atoms with Crippen LogP contribution < -0.4 is 15.6 Å². The number of rotatable bonds is 5. The Labute approximate surface area is 206 Å². The molecule has 2 aromatic carbocycles. The number of hydrogen-bond acceptors (Lipinski definition) is 5. The van der Waals surface area contributed by atoms with Crippen LogP contribution in [0.1, 0.15) is 16.1 Å². The molecule has 0 saturated heterocycles. The lowest BCUT2D eigenvalue weighted by Crippen LogP contribution is -2.26. The molecule has 10 heteroatoms. The highest BCUT2D eigenvalue weighted by Crippen LogP contribution is 2.31. The van der Waals surface area contributed by atoms with Crippen molar-refractivity contribution in [1.29, 1.82) is 0 Å². The van der Waals surface area contributed by atoms with Gasteiger partial charge < -0.3 is 15.0 Å². The zero-order valence-corrected chi connectivity index (χ0v) is 19.8. The molecule has 5 aromatic rings. The van der Waals surface area contributed by atoms with E-state index in [1.165, 1.54) is 18.2 Å². The molecule has 0 radical (unpaired) electrons. The van der Waals surface area contributed by atoms with E-state index in [2.05, 4.69) is 36.3 Å². The lowest BCUT2D eigenvalue weighted by Gasteiger charge is -2.12. The minimum absolute atomic E-state index is 0.00536. The van der Waals surface area contributed by atoms with Crippen LogP contribution >= 0.6 is 15.9 Å². The number of aryl methyl sites for hydroxylation is 1. The first-order valence-electron chi connectivity index (χ1n) is 10.5. The molecular weight excluding hydrogens is 517 g/mol. The van der Waals surface area contributed by atoms with Crippen molar-refractivity contribution in [2.45, 2.75) is 6.92 Å². The van der Waals surface area contributed by atoms with Gasteiger partial charge >= 0.3 is 0 Å². The van der Waals surface area contributed by atoms with Crippen molar-refractivity contribution in [3.63, 3.8) is 0 Å². The van der Waals surface area contributed by atoms with Gasteiger partial charge in [-0.1, -0.05) is 22.0 Å². The fourth-order valence-electron chi connectivity index (χ4n) is 3.55. The Morgan fingerprint density at radius 2 is 1.97 bits per heavy atom. The van der Waals surface area contributed by atoms with Crippen molar-refractivity contribution in [2.24, 2.45) is 0 Å². The number of aromatic nitrogens is 4. The van der Waals surface area contributed by atoms with Crippen LogP contribution in [-0.4, -0.2) is 25.7 Å². The van der Waals surface area contributed by atoms with E-state index in [0.29, 0.717) is 28.0 Å². The highest BCUT2D eigenvalue weighted by Gasteiger charge is 2.17. The Morgan fingerprint density at radius 1 is 1.11 bits per heavy atom. The number of halogens is 2. The molecule has 0 saturated carbocycles. The number of nitrogens with one attached hydrogen (secondary N) is 2. The number of amides is 1. The Morgan fingerprint density at radius 3 is 2.77 bits per heavy atom. The molecule has 174 valence electrons. The third kappa shape index (κ3) is 4.56. The van der Waals surface area contributed by atoms with Crippen molar-refractivity contribution in [1.82, 2.24) is 19.7 Å². The van der Waals surface area contributed by atoms with Gasteiger partial charge in [-0.3, -0.25) is 9.59 Å². The highest BCUT2D eigenvalue weighted by molar-refractivity contribution is 9.10. The van der Waals surface area contributed by atoms with Gasteiger partial charge in [0.15, 0.2) is 17.3 Å². The van der Waals surface area contributed by atoms with Crippen LogP contribution in [0.4, 0.5) is 10.1 Å². The fourth-order valence-corrected chi connectivity index (χ4v) is 3.94. The van der Waals surface area contributed by atoms with Crippen LogP contribution in [-0.2, 0) is 0 Å². The maximum Gasteiger partial charge on any atom is 0.276 e. The molecule has 5 rings (SSSR count). The van der Waals surface area contributed by atoms with Crippen molar-refractivity contribution >= 4 is 38.6 Å². The summed E-state index contributed by atoms with van der Waals surface area (Å²) in [7, 11) is 0. The third-order valence-corrected chi connectivity index (χ3v) is 5.71. The predicted molar refractivity (Wildman–Crippen MR) is 133 cm³/mol. The van der Waals surface area contributed by atoms with Crippen LogP contribution in [0.15, 0.2) is 82.3 Å². The normalized spacial score (nSPS) is 10.9. The molecule has 0 spiro atoms. The molecule has 0 aliphatic carbocycles. The van der Waals surface area contributed by atoms with E-state index >= 15 is 0 Å². The first-order valence-corrected chi connectivity index (χ1v) is 11.3. The van der Waals surface area contributed by atoms with Gasteiger partial charge in [0.1, 0.15) is 11.4 Å². The van der Waals surface area contributed by atoms with E-state index in [9.17, 15) is 14.0 Å². The summed E-state index contributed by atoms with van der Waals surface area (Å²) in [5.74, 6) is -0.801. The zero-order valence-electron chi connectivity index (χ0n) is 18.3. The molecule has 0 fully saturated rings. The number of carbonyl (C=O) groups excluding carboxylic acids is 1.